The van der Waals surface area contributed by atoms with Crippen molar-refractivity contribution in [3.63, 3.8) is 0 Å². The third kappa shape index (κ3) is 4.04. The third-order valence-corrected chi connectivity index (χ3v) is 2.89. The molecule has 0 aromatic carbocycles. The highest BCUT2D eigenvalue weighted by Gasteiger charge is 2.14. The quantitative estimate of drug-likeness (QED) is 0.640. The highest BCUT2D eigenvalue weighted by atomic mass is 32.1. The predicted molar refractivity (Wildman–Crippen MR) is 64.6 cm³/mol. The minimum absolute atomic E-state index is 0.0131. The van der Waals surface area contributed by atoms with Gasteiger partial charge >= 0.3 is 12.0 Å². The molecule has 0 saturated carbocycles. The van der Waals surface area contributed by atoms with Crippen molar-refractivity contribution in [1.82, 2.24) is 5.32 Å². The number of carbonyl (C=O) groups excluding carboxylic acids is 1. The van der Waals surface area contributed by atoms with Gasteiger partial charge < -0.3 is 15.5 Å². The van der Waals surface area contributed by atoms with Crippen molar-refractivity contribution < 1.29 is 19.8 Å². The lowest BCUT2D eigenvalue weighted by Crippen LogP contribution is -2.36. The van der Waals surface area contributed by atoms with Gasteiger partial charge in [-0.3, -0.25) is 5.32 Å². The molecule has 1 unspecified atom stereocenters. The number of carboxylic acid groups (broad SMARTS) is 1. The van der Waals surface area contributed by atoms with Crippen LogP contribution < -0.4 is 10.6 Å². The lowest BCUT2D eigenvalue weighted by atomic mass is 10.2. The van der Waals surface area contributed by atoms with Gasteiger partial charge in [0.2, 0.25) is 0 Å². The second kappa shape index (κ2) is 6.21. The first kappa shape index (κ1) is 13.5. The van der Waals surface area contributed by atoms with Crippen LogP contribution in [0.2, 0.25) is 0 Å². The Morgan fingerprint density at radius 1 is 1.53 bits per heavy atom. The largest absolute Gasteiger partial charge is 0.478 e. The van der Waals surface area contributed by atoms with Crippen LogP contribution in [-0.4, -0.2) is 34.9 Å². The second-order valence-corrected chi connectivity index (χ2v) is 4.40. The lowest BCUT2D eigenvalue weighted by molar-refractivity contribution is 0.0698. The Hall–Kier alpha value is -1.60. The number of rotatable bonds is 5. The molecule has 1 aromatic rings. The fourth-order valence-corrected chi connectivity index (χ4v) is 1.98. The Morgan fingerprint density at radius 3 is 2.82 bits per heavy atom. The first-order chi connectivity index (χ1) is 8.04. The summed E-state index contributed by atoms with van der Waals surface area (Å²) in [4.78, 5) is 22.3. The normalized spacial score (nSPS) is 11.9. The molecule has 94 valence electrons. The molecule has 1 rings (SSSR count). The number of aromatic carboxylic acids is 1. The summed E-state index contributed by atoms with van der Waals surface area (Å²) in [6.45, 7) is 1.74. The molecule has 0 bridgehead atoms. The Kier molecular flexibility index (Phi) is 4.92. The van der Waals surface area contributed by atoms with Crippen LogP contribution in [0.5, 0.6) is 0 Å². The summed E-state index contributed by atoms with van der Waals surface area (Å²) in [5.41, 5.74) is 0.0694. The standard InChI is InChI=1S/C10H14N2O4S/c1-6(2-4-13)11-10(16)12-8-7(9(14)15)3-5-17-8/h3,5-6,13H,2,4H2,1H3,(H,14,15)(H2,11,12,16). The number of hydrogen-bond acceptors (Lipinski definition) is 4. The molecule has 1 atom stereocenters. The van der Waals surface area contributed by atoms with Crippen molar-refractivity contribution in [1.29, 1.82) is 0 Å². The molecule has 17 heavy (non-hydrogen) atoms. The van der Waals surface area contributed by atoms with Crippen molar-refractivity contribution in [3.05, 3.63) is 17.0 Å². The van der Waals surface area contributed by atoms with Crippen LogP contribution >= 0.6 is 11.3 Å². The molecular formula is C10H14N2O4S. The van der Waals surface area contributed by atoms with E-state index < -0.39 is 12.0 Å². The molecule has 0 fully saturated rings. The number of anilines is 1. The van der Waals surface area contributed by atoms with Crippen LogP contribution in [0.1, 0.15) is 23.7 Å². The van der Waals surface area contributed by atoms with Crippen LogP contribution in [-0.2, 0) is 0 Å². The summed E-state index contributed by atoms with van der Waals surface area (Å²) in [7, 11) is 0. The number of aliphatic hydroxyl groups is 1. The molecule has 0 saturated heterocycles. The number of carboxylic acids is 1. The first-order valence-corrected chi connectivity index (χ1v) is 5.91. The van der Waals surface area contributed by atoms with Gasteiger partial charge in [-0.2, -0.15) is 0 Å². The van der Waals surface area contributed by atoms with E-state index in [2.05, 4.69) is 10.6 Å². The van der Waals surface area contributed by atoms with Gasteiger partial charge in [0, 0.05) is 12.6 Å². The molecule has 1 heterocycles. The number of aliphatic hydroxyl groups excluding tert-OH is 1. The molecule has 1 aromatic heterocycles. The van der Waals surface area contributed by atoms with Crippen LogP contribution in [0, 0.1) is 0 Å². The average Bonchev–Trinajstić information content (AvgIpc) is 2.65. The van der Waals surface area contributed by atoms with Crippen molar-refractivity contribution in [2.45, 2.75) is 19.4 Å². The number of carbonyl (C=O) groups is 2. The van der Waals surface area contributed by atoms with Gasteiger partial charge in [-0.15, -0.1) is 11.3 Å². The van der Waals surface area contributed by atoms with E-state index in [1.165, 1.54) is 6.07 Å². The number of hydrogen-bond donors (Lipinski definition) is 4. The topological polar surface area (TPSA) is 98.7 Å². The summed E-state index contributed by atoms with van der Waals surface area (Å²) in [5, 5.41) is 24.5. The molecule has 0 aliphatic heterocycles. The maximum Gasteiger partial charge on any atom is 0.338 e. The highest BCUT2D eigenvalue weighted by molar-refractivity contribution is 7.14. The molecular weight excluding hydrogens is 244 g/mol. The summed E-state index contributed by atoms with van der Waals surface area (Å²) < 4.78 is 0. The zero-order valence-electron chi connectivity index (χ0n) is 9.27. The maximum absolute atomic E-state index is 11.5. The van der Waals surface area contributed by atoms with Crippen molar-refractivity contribution in [2.75, 3.05) is 11.9 Å². The van der Waals surface area contributed by atoms with E-state index in [0.29, 0.717) is 11.4 Å². The minimum atomic E-state index is -1.08. The van der Waals surface area contributed by atoms with Gasteiger partial charge in [0.15, 0.2) is 0 Å². The van der Waals surface area contributed by atoms with E-state index in [0.717, 1.165) is 11.3 Å². The Bertz CT molecular complexity index is 405. The average molecular weight is 258 g/mol. The van der Waals surface area contributed by atoms with Crippen LogP contribution in [0.15, 0.2) is 11.4 Å². The van der Waals surface area contributed by atoms with Crippen LogP contribution in [0.4, 0.5) is 9.80 Å². The van der Waals surface area contributed by atoms with E-state index >= 15 is 0 Å². The van der Waals surface area contributed by atoms with Crippen LogP contribution in [0.25, 0.3) is 0 Å². The maximum atomic E-state index is 11.5. The summed E-state index contributed by atoms with van der Waals surface area (Å²) >= 11 is 1.14. The van der Waals surface area contributed by atoms with Gasteiger partial charge in [-0.05, 0) is 24.8 Å². The van der Waals surface area contributed by atoms with E-state index in [1.54, 1.807) is 12.3 Å². The Morgan fingerprint density at radius 2 is 2.24 bits per heavy atom. The molecule has 2 amide bonds. The van der Waals surface area contributed by atoms with Gasteiger partial charge in [-0.25, -0.2) is 9.59 Å². The van der Waals surface area contributed by atoms with Crippen molar-refractivity contribution >= 4 is 28.3 Å². The summed E-state index contributed by atoms with van der Waals surface area (Å²) in [6, 6.07) is 0.781. The van der Waals surface area contributed by atoms with Gasteiger partial charge in [0.1, 0.15) is 5.00 Å². The molecule has 7 heteroatoms. The van der Waals surface area contributed by atoms with Crippen molar-refractivity contribution in [2.24, 2.45) is 0 Å². The minimum Gasteiger partial charge on any atom is -0.478 e. The van der Waals surface area contributed by atoms with Crippen molar-refractivity contribution in [3.8, 4) is 0 Å². The molecule has 0 radical (unpaired) electrons. The highest BCUT2D eigenvalue weighted by Crippen LogP contribution is 2.22. The number of nitrogens with one attached hydrogen (secondary N) is 2. The zero-order valence-corrected chi connectivity index (χ0v) is 10.1. The number of amides is 2. The third-order valence-electron chi connectivity index (χ3n) is 2.06. The molecule has 0 aliphatic rings. The molecule has 6 nitrogen and oxygen atoms in total. The summed E-state index contributed by atoms with van der Waals surface area (Å²) in [5.74, 6) is -1.08. The lowest BCUT2D eigenvalue weighted by Gasteiger charge is -2.12. The monoisotopic (exact) mass is 258 g/mol. The predicted octanol–water partition coefficient (Wildman–Crippen LogP) is 1.34. The SMILES string of the molecule is CC(CCO)NC(=O)Nc1sccc1C(=O)O. The fourth-order valence-electron chi connectivity index (χ4n) is 1.20. The van der Waals surface area contributed by atoms with Gasteiger partial charge in [0.05, 0.1) is 5.56 Å². The van der Waals surface area contributed by atoms with E-state index in [-0.39, 0.29) is 18.2 Å². The Balaban J connectivity index is 2.56. The Labute approximate surface area is 102 Å². The fraction of sp³-hybridized carbons (Fsp3) is 0.400. The van der Waals surface area contributed by atoms with Gasteiger partial charge in [-0.1, -0.05) is 0 Å². The zero-order chi connectivity index (χ0) is 12.8. The number of urea groups is 1. The van der Waals surface area contributed by atoms with E-state index in [4.69, 9.17) is 10.2 Å². The van der Waals surface area contributed by atoms with Crippen LogP contribution in [0.3, 0.4) is 0 Å². The summed E-state index contributed by atoms with van der Waals surface area (Å²) in [6.07, 6.45) is 0.448. The van der Waals surface area contributed by atoms with E-state index in [1.807, 2.05) is 0 Å². The van der Waals surface area contributed by atoms with E-state index in [9.17, 15) is 9.59 Å². The first-order valence-electron chi connectivity index (χ1n) is 5.03. The second-order valence-electron chi connectivity index (χ2n) is 3.48. The van der Waals surface area contributed by atoms with Gasteiger partial charge in [0.25, 0.3) is 0 Å². The number of thiophene rings is 1. The smallest absolute Gasteiger partial charge is 0.338 e. The molecule has 0 aliphatic carbocycles. The molecule has 0 spiro atoms. The molecule has 4 N–H and O–H groups in total.